The van der Waals surface area contributed by atoms with Crippen LogP contribution in [0.1, 0.15) is 5.69 Å². The van der Waals surface area contributed by atoms with Crippen LogP contribution in [0.4, 0.5) is 10.3 Å². The van der Waals surface area contributed by atoms with Crippen LogP contribution in [0.2, 0.25) is 5.02 Å². The molecule has 2 aromatic rings. The second kappa shape index (κ2) is 3.55. The number of aromatic nitrogens is 2. The number of nitrogens with zero attached hydrogens (tertiary/aromatic N) is 1. The molecule has 1 aromatic heterocycles. The molecule has 15 heavy (non-hydrogen) atoms. The lowest BCUT2D eigenvalue weighted by molar-refractivity contribution is 0.628. The summed E-state index contributed by atoms with van der Waals surface area (Å²) in [5, 5.41) is 0.0773. The maximum Gasteiger partial charge on any atom is 0.198 e. The van der Waals surface area contributed by atoms with Crippen LogP contribution in [-0.2, 0) is 0 Å². The van der Waals surface area contributed by atoms with E-state index < -0.39 is 5.82 Å². The zero-order valence-electron chi connectivity index (χ0n) is 8.01. The Hall–Kier alpha value is -1.55. The molecule has 2 rings (SSSR count). The highest BCUT2D eigenvalue weighted by Gasteiger charge is 2.09. The number of rotatable bonds is 1. The van der Waals surface area contributed by atoms with Crippen molar-refractivity contribution in [2.45, 2.75) is 6.92 Å². The maximum atomic E-state index is 12.9. The van der Waals surface area contributed by atoms with E-state index in [4.69, 9.17) is 17.3 Å². The number of aromatic amines is 1. The number of nitrogen functional groups attached to an aromatic ring is 1. The van der Waals surface area contributed by atoms with Gasteiger partial charge < -0.3 is 10.7 Å². The van der Waals surface area contributed by atoms with Crippen molar-refractivity contribution in [1.29, 1.82) is 0 Å². The molecular formula is C10H9ClFN3. The first-order valence-electron chi connectivity index (χ1n) is 4.35. The lowest BCUT2D eigenvalue weighted by Gasteiger charge is -2.00. The molecule has 0 bridgehead atoms. The van der Waals surface area contributed by atoms with E-state index >= 15 is 0 Å². The van der Waals surface area contributed by atoms with Gasteiger partial charge in [-0.05, 0) is 25.1 Å². The van der Waals surface area contributed by atoms with E-state index in [0.29, 0.717) is 11.6 Å². The number of halogens is 2. The third-order valence-electron chi connectivity index (χ3n) is 2.10. The van der Waals surface area contributed by atoms with Gasteiger partial charge in [0.05, 0.1) is 10.7 Å². The summed E-state index contributed by atoms with van der Waals surface area (Å²) >= 11 is 5.68. The molecule has 0 saturated carbocycles. The van der Waals surface area contributed by atoms with Gasteiger partial charge in [-0.15, -0.1) is 0 Å². The van der Waals surface area contributed by atoms with Gasteiger partial charge >= 0.3 is 0 Å². The van der Waals surface area contributed by atoms with E-state index in [-0.39, 0.29) is 5.02 Å². The van der Waals surface area contributed by atoms with Gasteiger partial charge in [0.2, 0.25) is 0 Å². The number of imidazole rings is 1. The molecule has 1 heterocycles. The van der Waals surface area contributed by atoms with Gasteiger partial charge in [0.1, 0.15) is 5.82 Å². The number of nitrogens with one attached hydrogen (secondary N) is 1. The minimum Gasteiger partial charge on any atom is -0.369 e. The van der Waals surface area contributed by atoms with Crippen molar-refractivity contribution in [3.8, 4) is 11.3 Å². The van der Waals surface area contributed by atoms with E-state index in [1.807, 2.05) is 6.92 Å². The fourth-order valence-corrected chi connectivity index (χ4v) is 1.59. The highest BCUT2D eigenvalue weighted by molar-refractivity contribution is 6.31. The van der Waals surface area contributed by atoms with Crippen molar-refractivity contribution in [1.82, 2.24) is 9.97 Å². The summed E-state index contributed by atoms with van der Waals surface area (Å²) in [5.74, 6) is -0.107. The Bertz CT molecular complexity index is 507. The van der Waals surface area contributed by atoms with Gasteiger partial charge in [0, 0.05) is 11.3 Å². The molecule has 78 valence electrons. The first-order chi connectivity index (χ1) is 7.08. The number of anilines is 1. The standard InChI is InChI=1S/C10H9ClFN3/c1-5-9(15-10(13)14-5)6-2-3-8(12)7(11)4-6/h2-4H,1H3,(H3,13,14,15). The number of nitrogens with two attached hydrogens (primary N) is 1. The Morgan fingerprint density at radius 2 is 2.20 bits per heavy atom. The van der Waals surface area contributed by atoms with Gasteiger partial charge in [-0.3, -0.25) is 0 Å². The van der Waals surface area contributed by atoms with Crippen molar-refractivity contribution in [2.24, 2.45) is 0 Å². The SMILES string of the molecule is Cc1[nH]c(N)nc1-c1ccc(F)c(Cl)c1. The van der Waals surface area contributed by atoms with Gasteiger partial charge in [-0.2, -0.15) is 0 Å². The van der Waals surface area contributed by atoms with Crippen LogP contribution in [0, 0.1) is 12.7 Å². The van der Waals surface area contributed by atoms with Gasteiger partial charge in [0.15, 0.2) is 5.95 Å². The maximum absolute atomic E-state index is 12.9. The van der Waals surface area contributed by atoms with Gasteiger partial charge in [0.25, 0.3) is 0 Å². The summed E-state index contributed by atoms with van der Waals surface area (Å²) in [7, 11) is 0. The number of H-pyrrole nitrogens is 1. The van der Waals surface area contributed by atoms with Gasteiger partial charge in [-0.1, -0.05) is 11.6 Å². The van der Waals surface area contributed by atoms with Crippen molar-refractivity contribution in [3.05, 3.63) is 34.7 Å². The quantitative estimate of drug-likeness (QED) is 0.784. The summed E-state index contributed by atoms with van der Waals surface area (Å²) in [6.07, 6.45) is 0. The molecular weight excluding hydrogens is 217 g/mol. The van der Waals surface area contributed by atoms with Crippen LogP contribution in [0.25, 0.3) is 11.3 Å². The number of hydrogen-bond donors (Lipinski definition) is 2. The zero-order valence-corrected chi connectivity index (χ0v) is 8.77. The molecule has 0 atom stereocenters. The molecule has 3 N–H and O–H groups in total. The van der Waals surface area contributed by atoms with E-state index in [1.54, 1.807) is 6.07 Å². The summed E-state index contributed by atoms with van der Waals surface area (Å²) < 4.78 is 12.9. The first-order valence-corrected chi connectivity index (χ1v) is 4.73. The van der Waals surface area contributed by atoms with Crippen LogP contribution in [0.15, 0.2) is 18.2 Å². The second-order valence-corrected chi connectivity index (χ2v) is 3.63. The Kier molecular flexibility index (Phi) is 2.36. The average molecular weight is 226 g/mol. The summed E-state index contributed by atoms with van der Waals surface area (Å²) in [6.45, 7) is 1.84. The third kappa shape index (κ3) is 1.80. The Morgan fingerprint density at radius 1 is 1.47 bits per heavy atom. The third-order valence-corrected chi connectivity index (χ3v) is 2.39. The normalized spacial score (nSPS) is 10.6. The monoisotopic (exact) mass is 225 g/mol. The van der Waals surface area contributed by atoms with E-state index in [1.165, 1.54) is 12.1 Å². The fraction of sp³-hybridized carbons (Fsp3) is 0.100. The topological polar surface area (TPSA) is 54.7 Å². The summed E-state index contributed by atoms with van der Waals surface area (Å²) in [6, 6.07) is 4.45. The second-order valence-electron chi connectivity index (χ2n) is 3.22. The average Bonchev–Trinajstić information content (AvgIpc) is 2.50. The predicted octanol–water partition coefficient (Wildman–Crippen LogP) is 2.76. The van der Waals surface area contributed by atoms with Crippen LogP contribution >= 0.6 is 11.6 Å². The molecule has 0 aliphatic rings. The molecule has 1 aromatic carbocycles. The van der Waals surface area contributed by atoms with Crippen LogP contribution < -0.4 is 5.73 Å². The molecule has 0 unspecified atom stereocenters. The van der Waals surface area contributed by atoms with Crippen molar-refractivity contribution in [3.63, 3.8) is 0 Å². The number of aryl methyl sites for hydroxylation is 1. The molecule has 0 radical (unpaired) electrons. The first kappa shape index (κ1) is 9.98. The predicted molar refractivity (Wildman–Crippen MR) is 58.1 cm³/mol. The Morgan fingerprint density at radius 3 is 2.73 bits per heavy atom. The lowest BCUT2D eigenvalue weighted by Crippen LogP contribution is -1.86. The Balaban J connectivity index is 2.54. The lowest BCUT2D eigenvalue weighted by atomic mass is 10.1. The molecule has 0 aliphatic heterocycles. The van der Waals surface area contributed by atoms with Crippen molar-refractivity contribution >= 4 is 17.5 Å². The minimum absolute atomic E-state index is 0.0773. The molecule has 0 fully saturated rings. The largest absolute Gasteiger partial charge is 0.369 e. The van der Waals surface area contributed by atoms with E-state index in [2.05, 4.69) is 9.97 Å². The summed E-state index contributed by atoms with van der Waals surface area (Å²) in [5.41, 5.74) is 7.77. The van der Waals surface area contributed by atoms with Crippen molar-refractivity contribution < 1.29 is 4.39 Å². The summed E-state index contributed by atoms with van der Waals surface area (Å²) in [4.78, 5) is 6.96. The number of hydrogen-bond acceptors (Lipinski definition) is 2. The van der Waals surface area contributed by atoms with E-state index in [9.17, 15) is 4.39 Å². The highest BCUT2D eigenvalue weighted by atomic mass is 35.5. The fourth-order valence-electron chi connectivity index (χ4n) is 1.41. The van der Waals surface area contributed by atoms with Gasteiger partial charge in [-0.25, -0.2) is 9.37 Å². The highest BCUT2D eigenvalue weighted by Crippen LogP contribution is 2.26. The van der Waals surface area contributed by atoms with Crippen LogP contribution in [0.5, 0.6) is 0 Å². The zero-order chi connectivity index (χ0) is 11.0. The molecule has 0 saturated heterocycles. The minimum atomic E-state index is -0.443. The molecule has 0 spiro atoms. The van der Waals surface area contributed by atoms with Crippen molar-refractivity contribution in [2.75, 3.05) is 5.73 Å². The molecule has 0 aliphatic carbocycles. The number of benzene rings is 1. The van der Waals surface area contributed by atoms with Crippen LogP contribution in [0.3, 0.4) is 0 Å². The van der Waals surface area contributed by atoms with Crippen LogP contribution in [-0.4, -0.2) is 9.97 Å². The van der Waals surface area contributed by atoms with E-state index in [0.717, 1.165) is 11.3 Å². The molecule has 5 heteroatoms. The Labute approximate surface area is 91.1 Å². The molecule has 0 amide bonds. The molecule has 3 nitrogen and oxygen atoms in total. The smallest absolute Gasteiger partial charge is 0.198 e.